The third kappa shape index (κ3) is 13.5. The lowest BCUT2D eigenvalue weighted by Crippen LogP contribution is -2.37. The Hall–Kier alpha value is -0.700. The van der Waals surface area contributed by atoms with E-state index >= 15 is 0 Å². The summed E-state index contributed by atoms with van der Waals surface area (Å²) in [7, 11) is 0. The molecule has 154 valence electrons. The molecule has 0 aromatic carbocycles. The van der Waals surface area contributed by atoms with Crippen molar-refractivity contribution in [1.29, 1.82) is 0 Å². The fraction of sp³-hybridized carbons (Fsp3) is 0.913. The van der Waals surface area contributed by atoms with Gasteiger partial charge in [0.05, 0.1) is 5.41 Å². The van der Waals surface area contributed by atoms with Crippen molar-refractivity contribution in [1.82, 2.24) is 0 Å². The molecular formula is C23H44O3. The highest BCUT2D eigenvalue weighted by molar-refractivity contribution is 5.86. The number of aliphatic hydroxyl groups excluding tert-OH is 1. The van der Waals surface area contributed by atoms with Gasteiger partial charge in [-0.15, -0.1) is 0 Å². The molecule has 0 saturated carbocycles. The Morgan fingerprint density at radius 1 is 0.769 bits per heavy atom. The van der Waals surface area contributed by atoms with Crippen LogP contribution in [0.1, 0.15) is 124 Å². The van der Waals surface area contributed by atoms with Crippen molar-refractivity contribution in [3.05, 3.63) is 0 Å². The van der Waals surface area contributed by atoms with Crippen LogP contribution < -0.4 is 0 Å². The molecule has 1 N–H and O–H groups in total. The molecule has 3 nitrogen and oxygen atoms in total. The number of aldehydes is 1. The summed E-state index contributed by atoms with van der Waals surface area (Å²) in [6, 6.07) is 0. The number of unbranched alkanes of at least 4 members (excludes halogenated alkanes) is 14. The molecule has 3 heteroatoms. The quantitative estimate of drug-likeness (QED) is 0.212. The lowest BCUT2D eigenvalue weighted by atomic mass is 9.84. The first-order valence-electron chi connectivity index (χ1n) is 11.1. The summed E-state index contributed by atoms with van der Waals surface area (Å²) in [4.78, 5) is 22.7. The largest absolute Gasteiger partial charge is 0.384 e. The van der Waals surface area contributed by atoms with Gasteiger partial charge in [0.1, 0.15) is 12.4 Å². The predicted octanol–water partition coefficient (Wildman–Crippen LogP) is 6.40. The first-order chi connectivity index (χ1) is 12.5. The van der Waals surface area contributed by atoms with Crippen molar-refractivity contribution in [2.24, 2.45) is 5.41 Å². The zero-order chi connectivity index (χ0) is 19.7. The Kier molecular flexibility index (Phi) is 16.0. The van der Waals surface area contributed by atoms with Crippen LogP contribution in [0, 0.1) is 5.41 Å². The van der Waals surface area contributed by atoms with Crippen molar-refractivity contribution < 1.29 is 14.7 Å². The Labute approximate surface area is 162 Å². The molecule has 0 aliphatic heterocycles. The van der Waals surface area contributed by atoms with Gasteiger partial charge in [-0.2, -0.15) is 0 Å². The third-order valence-corrected chi connectivity index (χ3v) is 5.34. The van der Waals surface area contributed by atoms with E-state index in [-0.39, 0.29) is 5.78 Å². The van der Waals surface area contributed by atoms with Crippen LogP contribution in [0.4, 0.5) is 0 Å². The van der Waals surface area contributed by atoms with Crippen molar-refractivity contribution in [2.75, 3.05) is 0 Å². The van der Waals surface area contributed by atoms with E-state index in [1.54, 1.807) is 13.8 Å². The highest BCUT2D eigenvalue weighted by atomic mass is 16.3. The van der Waals surface area contributed by atoms with Crippen LogP contribution in [0.25, 0.3) is 0 Å². The highest BCUT2D eigenvalue weighted by Crippen LogP contribution is 2.20. The van der Waals surface area contributed by atoms with Gasteiger partial charge in [0.2, 0.25) is 0 Å². The molecule has 0 fully saturated rings. The first kappa shape index (κ1) is 25.3. The van der Waals surface area contributed by atoms with E-state index in [0.717, 1.165) is 19.3 Å². The maximum absolute atomic E-state index is 11.9. The van der Waals surface area contributed by atoms with Crippen LogP contribution in [-0.4, -0.2) is 23.3 Å². The summed E-state index contributed by atoms with van der Waals surface area (Å²) in [5.41, 5.74) is -0.966. The lowest BCUT2D eigenvalue weighted by Gasteiger charge is -2.22. The number of Topliss-reactive ketones (excluding diaryl/α,β-unsaturated/α-hetero) is 1. The third-order valence-electron chi connectivity index (χ3n) is 5.34. The van der Waals surface area contributed by atoms with Crippen LogP contribution in [0.3, 0.4) is 0 Å². The standard InChI is InChI=1S/C23H44O3/c1-4-5-6-7-8-9-10-11-12-13-14-15-16-17-18-19-21(25)22(26)23(2,3)20-24/h20,22,26H,4-19H2,1-3H3. The summed E-state index contributed by atoms with van der Waals surface area (Å²) >= 11 is 0. The van der Waals surface area contributed by atoms with Gasteiger partial charge in [-0.1, -0.05) is 111 Å². The molecule has 1 atom stereocenters. The van der Waals surface area contributed by atoms with E-state index < -0.39 is 11.5 Å². The van der Waals surface area contributed by atoms with Gasteiger partial charge in [-0.3, -0.25) is 4.79 Å². The zero-order valence-corrected chi connectivity index (χ0v) is 17.7. The molecule has 1 unspecified atom stereocenters. The summed E-state index contributed by atoms with van der Waals surface area (Å²) in [5.74, 6) is -0.197. The van der Waals surface area contributed by atoms with E-state index in [1.165, 1.54) is 77.0 Å². The minimum atomic E-state index is -1.16. The molecule has 0 saturated heterocycles. The van der Waals surface area contributed by atoms with Crippen molar-refractivity contribution in [3.63, 3.8) is 0 Å². The van der Waals surface area contributed by atoms with Gasteiger partial charge >= 0.3 is 0 Å². The van der Waals surface area contributed by atoms with E-state index in [4.69, 9.17) is 0 Å². The molecular weight excluding hydrogens is 324 g/mol. The second kappa shape index (κ2) is 16.5. The van der Waals surface area contributed by atoms with Gasteiger partial charge < -0.3 is 9.90 Å². The zero-order valence-electron chi connectivity index (χ0n) is 17.7. The topological polar surface area (TPSA) is 54.4 Å². The number of carbonyl (C=O) groups is 2. The summed E-state index contributed by atoms with van der Waals surface area (Å²) in [5, 5.41) is 9.88. The highest BCUT2D eigenvalue weighted by Gasteiger charge is 2.32. The number of aliphatic hydroxyl groups is 1. The molecule has 26 heavy (non-hydrogen) atoms. The number of hydrogen-bond acceptors (Lipinski definition) is 3. The number of hydrogen-bond donors (Lipinski definition) is 1. The van der Waals surface area contributed by atoms with E-state index in [0.29, 0.717) is 12.7 Å². The lowest BCUT2D eigenvalue weighted by molar-refractivity contribution is -0.138. The molecule has 0 aliphatic rings. The summed E-state index contributed by atoms with van der Waals surface area (Å²) in [6.45, 7) is 5.48. The number of rotatable bonds is 19. The van der Waals surface area contributed by atoms with Gasteiger partial charge in [-0.25, -0.2) is 0 Å². The van der Waals surface area contributed by atoms with Crippen LogP contribution in [-0.2, 0) is 9.59 Å². The van der Waals surface area contributed by atoms with Crippen LogP contribution >= 0.6 is 0 Å². The molecule has 0 aromatic heterocycles. The predicted molar refractivity (Wildman–Crippen MR) is 110 cm³/mol. The molecule has 0 spiro atoms. The Bertz CT molecular complexity index is 349. The second-order valence-corrected chi connectivity index (χ2v) is 8.51. The Morgan fingerprint density at radius 3 is 1.46 bits per heavy atom. The van der Waals surface area contributed by atoms with E-state index in [2.05, 4.69) is 6.92 Å². The molecule has 0 amide bonds. The molecule has 0 heterocycles. The maximum Gasteiger partial charge on any atom is 0.162 e. The van der Waals surface area contributed by atoms with Crippen molar-refractivity contribution >= 4 is 12.1 Å². The van der Waals surface area contributed by atoms with Crippen LogP contribution in [0.5, 0.6) is 0 Å². The van der Waals surface area contributed by atoms with Crippen molar-refractivity contribution in [2.45, 2.75) is 130 Å². The second-order valence-electron chi connectivity index (χ2n) is 8.51. The van der Waals surface area contributed by atoms with Gasteiger partial charge in [-0.05, 0) is 6.42 Å². The first-order valence-corrected chi connectivity index (χ1v) is 11.1. The monoisotopic (exact) mass is 368 g/mol. The fourth-order valence-electron chi connectivity index (χ4n) is 3.29. The number of ketones is 1. The van der Waals surface area contributed by atoms with E-state index in [9.17, 15) is 14.7 Å². The van der Waals surface area contributed by atoms with Gasteiger partial charge in [0.25, 0.3) is 0 Å². The number of carbonyl (C=O) groups excluding carboxylic acids is 2. The Morgan fingerprint density at radius 2 is 1.12 bits per heavy atom. The fourth-order valence-corrected chi connectivity index (χ4v) is 3.29. The van der Waals surface area contributed by atoms with E-state index in [1.807, 2.05) is 0 Å². The van der Waals surface area contributed by atoms with Gasteiger partial charge in [0.15, 0.2) is 5.78 Å². The average molecular weight is 369 g/mol. The van der Waals surface area contributed by atoms with Gasteiger partial charge in [0, 0.05) is 6.42 Å². The average Bonchev–Trinajstić information content (AvgIpc) is 2.64. The molecule has 0 aliphatic carbocycles. The molecule has 0 radical (unpaired) electrons. The molecule has 0 aromatic rings. The minimum Gasteiger partial charge on any atom is -0.384 e. The molecule has 0 rings (SSSR count). The van der Waals surface area contributed by atoms with Crippen LogP contribution in [0.15, 0.2) is 0 Å². The van der Waals surface area contributed by atoms with Crippen molar-refractivity contribution in [3.8, 4) is 0 Å². The van der Waals surface area contributed by atoms with Crippen LogP contribution in [0.2, 0.25) is 0 Å². The maximum atomic E-state index is 11.9. The summed E-state index contributed by atoms with van der Waals surface area (Å²) in [6.07, 6.45) is 19.3. The molecule has 0 bridgehead atoms. The normalized spacial score (nSPS) is 12.9. The smallest absolute Gasteiger partial charge is 0.162 e. The minimum absolute atomic E-state index is 0.197. The Balaban J connectivity index is 3.34. The summed E-state index contributed by atoms with van der Waals surface area (Å²) < 4.78 is 0. The SMILES string of the molecule is CCCCCCCCCCCCCCCCCC(=O)C(O)C(C)(C)C=O.